The highest BCUT2D eigenvalue weighted by atomic mass is 79.9. The summed E-state index contributed by atoms with van der Waals surface area (Å²) in [5.41, 5.74) is 7.12. The summed E-state index contributed by atoms with van der Waals surface area (Å²) in [7, 11) is 0. The maximum Gasteiger partial charge on any atom is 0.265 e. The van der Waals surface area contributed by atoms with Gasteiger partial charge in [-0.05, 0) is 43.3 Å². The number of imide groups is 1. The van der Waals surface area contributed by atoms with Crippen molar-refractivity contribution in [1.29, 1.82) is 0 Å². The van der Waals surface area contributed by atoms with Crippen LogP contribution in [0.4, 0.5) is 5.69 Å². The second-order valence-corrected chi connectivity index (χ2v) is 6.68. The highest BCUT2D eigenvalue weighted by Gasteiger charge is 2.39. The monoisotopic (exact) mass is 401 g/mol. The van der Waals surface area contributed by atoms with Crippen LogP contribution in [0.15, 0.2) is 53.0 Å². The summed E-state index contributed by atoms with van der Waals surface area (Å²) in [5, 5.41) is 0. The van der Waals surface area contributed by atoms with E-state index in [-0.39, 0.29) is 18.2 Å². The van der Waals surface area contributed by atoms with Gasteiger partial charge < -0.3 is 0 Å². The third-order valence-corrected chi connectivity index (χ3v) is 4.40. The van der Waals surface area contributed by atoms with Crippen molar-refractivity contribution < 1.29 is 14.4 Å². The number of nitrogens with zero attached hydrogens (tertiary/aromatic N) is 1. The quantitative estimate of drug-likeness (QED) is 0.608. The van der Waals surface area contributed by atoms with E-state index in [0.29, 0.717) is 11.3 Å². The minimum absolute atomic E-state index is 0.0109. The van der Waals surface area contributed by atoms with E-state index in [1.807, 2.05) is 13.0 Å². The number of hydrogen-bond acceptors (Lipinski definition) is 4. The van der Waals surface area contributed by atoms with Crippen LogP contribution in [0.1, 0.15) is 22.3 Å². The predicted octanol–water partition coefficient (Wildman–Crippen LogP) is 2.32. The maximum atomic E-state index is 12.5. The normalized spacial score (nSPS) is 17.0. The number of hydrogen-bond donors (Lipinski definition) is 2. The fourth-order valence-corrected chi connectivity index (χ4v) is 2.88. The Balaban J connectivity index is 1.66. The van der Waals surface area contributed by atoms with E-state index in [9.17, 15) is 14.4 Å². The molecule has 0 bridgehead atoms. The van der Waals surface area contributed by atoms with Crippen LogP contribution in [0.2, 0.25) is 0 Å². The number of carbonyl (C=O) groups excluding carboxylic acids is 3. The van der Waals surface area contributed by atoms with Gasteiger partial charge in [0.15, 0.2) is 0 Å². The molecule has 3 rings (SSSR count). The second kappa shape index (κ2) is 7.16. The molecule has 0 spiro atoms. The standard InChI is InChI=1S/C18H16BrN3O3/c1-11-3-2-4-12(9-11)17(24)21-20-15-10-16(23)22(18(15)25)14-7-5-13(19)6-8-14/h2-9,15,20H,10H2,1H3,(H,21,24)/t15-/m1/s1. The van der Waals surface area contributed by atoms with Gasteiger partial charge in [0.2, 0.25) is 5.91 Å². The van der Waals surface area contributed by atoms with Gasteiger partial charge in [0, 0.05) is 10.0 Å². The van der Waals surface area contributed by atoms with Crippen LogP contribution in [0.5, 0.6) is 0 Å². The molecular weight excluding hydrogens is 386 g/mol. The van der Waals surface area contributed by atoms with Gasteiger partial charge in [0.1, 0.15) is 6.04 Å². The molecule has 1 aliphatic rings. The van der Waals surface area contributed by atoms with E-state index in [1.54, 1.807) is 42.5 Å². The Hall–Kier alpha value is -2.51. The van der Waals surface area contributed by atoms with Crippen LogP contribution in [0, 0.1) is 6.92 Å². The van der Waals surface area contributed by atoms with Crippen molar-refractivity contribution >= 4 is 39.3 Å². The van der Waals surface area contributed by atoms with Gasteiger partial charge in [-0.1, -0.05) is 33.6 Å². The Morgan fingerprint density at radius 1 is 1.16 bits per heavy atom. The molecule has 7 heteroatoms. The summed E-state index contributed by atoms with van der Waals surface area (Å²) in [6, 6.07) is 13.2. The molecule has 0 unspecified atom stereocenters. The summed E-state index contributed by atoms with van der Waals surface area (Å²) >= 11 is 3.32. The fourth-order valence-electron chi connectivity index (χ4n) is 2.62. The lowest BCUT2D eigenvalue weighted by Crippen LogP contribution is -2.48. The van der Waals surface area contributed by atoms with Crippen molar-refractivity contribution in [2.24, 2.45) is 0 Å². The van der Waals surface area contributed by atoms with Crippen LogP contribution in [0.25, 0.3) is 0 Å². The zero-order valence-corrected chi connectivity index (χ0v) is 15.0. The van der Waals surface area contributed by atoms with Gasteiger partial charge in [-0.25, -0.2) is 10.3 Å². The van der Waals surface area contributed by atoms with Gasteiger partial charge in [-0.15, -0.1) is 0 Å². The second-order valence-electron chi connectivity index (χ2n) is 5.77. The molecule has 0 aromatic heterocycles. The van der Waals surface area contributed by atoms with Crippen LogP contribution >= 0.6 is 15.9 Å². The van der Waals surface area contributed by atoms with E-state index in [0.717, 1.165) is 14.9 Å². The number of carbonyl (C=O) groups is 3. The van der Waals surface area contributed by atoms with E-state index < -0.39 is 11.9 Å². The molecule has 1 fully saturated rings. The van der Waals surface area contributed by atoms with E-state index in [4.69, 9.17) is 0 Å². The average molecular weight is 402 g/mol. The Kier molecular flexibility index (Phi) is 4.96. The predicted molar refractivity (Wildman–Crippen MR) is 96.8 cm³/mol. The molecule has 1 heterocycles. The highest BCUT2D eigenvalue weighted by Crippen LogP contribution is 2.24. The number of anilines is 1. The average Bonchev–Trinajstić information content (AvgIpc) is 2.87. The number of hydrazine groups is 1. The van der Waals surface area contributed by atoms with Crippen molar-refractivity contribution in [3.05, 3.63) is 64.1 Å². The molecule has 1 aliphatic heterocycles. The van der Waals surface area contributed by atoms with E-state index >= 15 is 0 Å². The zero-order valence-electron chi connectivity index (χ0n) is 13.5. The van der Waals surface area contributed by atoms with Crippen LogP contribution in [-0.4, -0.2) is 23.8 Å². The zero-order chi connectivity index (χ0) is 18.0. The SMILES string of the molecule is Cc1cccc(C(=O)NN[C@@H]2CC(=O)N(c3ccc(Br)cc3)C2=O)c1. The summed E-state index contributed by atoms with van der Waals surface area (Å²) in [6.07, 6.45) is -0.0109. The molecular formula is C18H16BrN3O3. The molecule has 1 atom stereocenters. The van der Waals surface area contributed by atoms with Crippen molar-refractivity contribution in [3.63, 3.8) is 0 Å². The third kappa shape index (κ3) is 3.78. The molecule has 6 nitrogen and oxygen atoms in total. The molecule has 2 N–H and O–H groups in total. The number of nitrogens with one attached hydrogen (secondary N) is 2. The molecule has 2 aromatic carbocycles. The molecule has 0 saturated carbocycles. The van der Waals surface area contributed by atoms with E-state index in [2.05, 4.69) is 26.8 Å². The van der Waals surface area contributed by atoms with Gasteiger partial charge >= 0.3 is 0 Å². The van der Waals surface area contributed by atoms with E-state index in [1.165, 1.54) is 0 Å². The minimum Gasteiger partial charge on any atom is -0.287 e. The number of benzene rings is 2. The first-order valence-corrected chi connectivity index (χ1v) is 8.50. The smallest absolute Gasteiger partial charge is 0.265 e. The van der Waals surface area contributed by atoms with Crippen molar-refractivity contribution in [2.45, 2.75) is 19.4 Å². The first-order valence-electron chi connectivity index (χ1n) is 7.70. The number of amides is 3. The van der Waals surface area contributed by atoms with Crippen LogP contribution in [0.3, 0.4) is 0 Å². The van der Waals surface area contributed by atoms with Crippen molar-refractivity contribution in [1.82, 2.24) is 10.9 Å². The molecule has 2 aromatic rings. The Morgan fingerprint density at radius 2 is 1.88 bits per heavy atom. The fraction of sp³-hybridized carbons (Fsp3) is 0.167. The number of halogens is 1. The summed E-state index contributed by atoms with van der Waals surface area (Å²) in [4.78, 5) is 37.9. The summed E-state index contributed by atoms with van der Waals surface area (Å²) in [5.74, 6) is -1.06. The van der Waals surface area contributed by atoms with Gasteiger partial charge in [0.25, 0.3) is 11.8 Å². The van der Waals surface area contributed by atoms with Crippen molar-refractivity contribution in [2.75, 3.05) is 4.90 Å². The minimum atomic E-state index is -0.787. The Labute approximate surface area is 153 Å². The Morgan fingerprint density at radius 3 is 2.56 bits per heavy atom. The van der Waals surface area contributed by atoms with Crippen molar-refractivity contribution in [3.8, 4) is 0 Å². The maximum absolute atomic E-state index is 12.5. The lowest BCUT2D eigenvalue weighted by molar-refractivity contribution is -0.121. The van der Waals surface area contributed by atoms with Crippen LogP contribution in [-0.2, 0) is 9.59 Å². The lowest BCUT2D eigenvalue weighted by Gasteiger charge is -2.16. The molecule has 0 radical (unpaired) electrons. The van der Waals surface area contributed by atoms with Gasteiger partial charge in [-0.2, -0.15) is 0 Å². The molecule has 128 valence electrons. The third-order valence-electron chi connectivity index (χ3n) is 3.87. The number of rotatable bonds is 4. The Bertz CT molecular complexity index is 836. The molecule has 25 heavy (non-hydrogen) atoms. The molecule has 0 aliphatic carbocycles. The summed E-state index contributed by atoms with van der Waals surface area (Å²) in [6.45, 7) is 1.89. The molecule has 3 amide bonds. The first kappa shape index (κ1) is 17.3. The molecule has 1 saturated heterocycles. The summed E-state index contributed by atoms with van der Waals surface area (Å²) < 4.78 is 0.857. The van der Waals surface area contributed by atoms with Gasteiger partial charge in [-0.3, -0.25) is 19.8 Å². The first-order chi connectivity index (χ1) is 12.0. The van der Waals surface area contributed by atoms with Gasteiger partial charge in [0.05, 0.1) is 12.1 Å². The number of aryl methyl sites for hydroxylation is 1. The van der Waals surface area contributed by atoms with Crippen LogP contribution < -0.4 is 15.8 Å². The topological polar surface area (TPSA) is 78.5 Å². The lowest BCUT2D eigenvalue weighted by atomic mass is 10.1. The highest BCUT2D eigenvalue weighted by molar-refractivity contribution is 9.10. The largest absolute Gasteiger partial charge is 0.287 e.